The van der Waals surface area contributed by atoms with Gasteiger partial charge in [-0.25, -0.2) is 4.79 Å². The van der Waals surface area contributed by atoms with Gasteiger partial charge in [0.25, 0.3) is 0 Å². The Balaban J connectivity index is 1.94. The number of ketones is 1. The van der Waals surface area contributed by atoms with Gasteiger partial charge in [0.05, 0.1) is 4.92 Å². The monoisotopic (exact) mass is 449 g/mol. The number of aliphatic carboxylic acids is 1. The number of phenols is 1. The largest absolute Gasteiger partial charge is 0.500 e. The average Bonchev–Trinajstić information content (AvgIpc) is 2.75. The SMILES string of the molecule is O=C(Cc1ccccc1)c1cc(O[C@@H]2O[C@H](C(=O)O)[C@@H](O)[C@H](O)[C@H]2O)c(O)c([N+](=O)[O-])c1. The second-order valence-electron chi connectivity index (χ2n) is 7.04. The van der Waals surface area contributed by atoms with Crippen LogP contribution in [0.2, 0.25) is 0 Å². The molecule has 0 aliphatic carbocycles. The highest BCUT2D eigenvalue weighted by Crippen LogP contribution is 2.39. The number of hydrogen-bond acceptors (Lipinski definition) is 10. The van der Waals surface area contributed by atoms with E-state index in [0.717, 1.165) is 12.1 Å². The predicted octanol–water partition coefficient (Wildman–Crippen LogP) is -0.00320. The molecule has 2 aromatic rings. The number of carboxylic acids is 1. The van der Waals surface area contributed by atoms with E-state index in [-0.39, 0.29) is 12.0 Å². The summed E-state index contributed by atoms with van der Waals surface area (Å²) in [5.74, 6) is -3.88. The lowest BCUT2D eigenvalue weighted by atomic mass is 9.99. The van der Waals surface area contributed by atoms with E-state index in [2.05, 4.69) is 0 Å². The van der Waals surface area contributed by atoms with Crippen molar-refractivity contribution in [3.63, 3.8) is 0 Å². The molecule has 32 heavy (non-hydrogen) atoms. The fraction of sp³-hybridized carbons (Fsp3) is 0.300. The number of carboxylic acid groups (broad SMARTS) is 1. The van der Waals surface area contributed by atoms with Crippen LogP contribution in [-0.2, 0) is 16.0 Å². The van der Waals surface area contributed by atoms with Gasteiger partial charge in [-0.1, -0.05) is 30.3 Å². The van der Waals surface area contributed by atoms with Crippen LogP contribution in [0.15, 0.2) is 42.5 Å². The minimum Gasteiger partial charge on any atom is -0.500 e. The summed E-state index contributed by atoms with van der Waals surface area (Å²) in [4.78, 5) is 34.3. The Morgan fingerprint density at radius 2 is 1.72 bits per heavy atom. The number of ether oxygens (including phenoxy) is 2. The number of Topliss-reactive ketones (excluding diaryl/α,β-unsaturated/α-hetero) is 1. The maximum atomic E-state index is 12.7. The molecule has 5 N–H and O–H groups in total. The van der Waals surface area contributed by atoms with E-state index in [4.69, 9.17) is 14.6 Å². The number of nitrogens with zero attached hydrogens (tertiary/aromatic N) is 1. The maximum absolute atomic E-state index is 12.7. The van der Waals surface area contributed by atoms with Crippen LogP contribution in [-0.4, -0.2) is 72.9 Å². The number of hydrogen-bond donors (Lipinski definition) is 5. The molecule has 0 saturated carbocycles. The minimum absolute atomic E-state index is 0.114. The van der Waals surface area contributed by atoms with E-state index >= 15 is 0 Å². The van der Waals surface area contributed by atoms with E-state index in [1.165, 1.54) is 0 Å². The highest BCUT2D eigenvalue weighted by Gasteiger charge is 2.48. The predicted molar refractivity (Wildman–Crippen MR) is 104 cm³/mol. The molecule has 0 radical (unpaired) electrons. The number of nitro groups is 1. The molecular formula is C20H19NO11. The first-order valence-corrected chi connectivity index (χ1v) is 9.27. The van der Waals surface area contributed by atoms with Gasteiger partial charge in [0, 0.05) is 18.1 Å². The molecule has 12 nitrogen and oxygen atoms in total. The Morgan fingerprint density at radius 1 is 1.06 bits per heavy atom. The first-order valence-electron chi connectivity index (χ1n) is 9.27. The lowest BCUT2D eigenvalue weighted by Gasteiger charge is -2.38. The molecule has 0 spiro atoms. The van der Waals surface area contributed by atoms with E-state index < -0.39 is 64.6 Å². The number of aliphatic hydroxyl groups excluding tert-OH is 3. The smallest absolute Gasteiger partial charge is 0.335 e. The number of rotatable bonds is 7. The fourth-order valence-corrected chi connectivity index (χ4v) is 3.14. The van der Waals surface area contributed by atoms with Crippen LogP contribution in [0.5, 0.6) is 11.5 Å². The second-order valence-corrected chi connectivity index (χ2v) is 7.04. The number of aliphatic hydroxyl groups is 3. The summed E-state index contributed by atoms with van der Waals surface area (Å²) in [7, 11) is 0. The normalized spacial score (nSPS) is 25.2. The summed E-state index contributed by atoms with van der Waals surface area (Å²) < 4.78 is 10.2. The van der Waals surface area contributed by atoms with E-state index in [1.54, 1.807) is 30.3 Å². The Bertz CT molecular complexity index is 1030. The molecule has 5 atom stereocenters. The number of aromatic hydroxyl groups is 1. The number of carbonyl (C=O) groups is 2. The number of phenolic OH excluding ortho intramolecular Hbond substituents is 1. The van der Waals surface area contributed by atoms with Gasteiger partial charge in [0.1, 0.15) is 18.3 Å². The molecule has 12 heteroatoms. The van der Waals surface area contributed by atoms with Crippen molar-refractivity contribution in [2.24, 2.45) is 0 Å². The van der Waals surface area contributed by atoms with Crippen molar-refractivity contribution >= 4 is 17.4 Å². The van der Waals surface area contributed by atoms with Crippen molar-refractivity contribution in [1.82, 2.24) is 0 Å². The molecule has 0 unspecified atom stereocenters. The highest BCUT2D eigenvalue weighted by molar-refractivity contribution is 5.99. The van der Waals surface area contributed by atoms with Gasteiger partial charge in [0.15, 0.2) is 17.6 Å². The molecule has 1 fully saturated rings. The molecular weight excluding hydrogens is 430 g/mol. The van der Waals surface area contributed by atoms with Crippen molar-refractivity contribution in [2.75, 3.05) is 0 Å². The van der Waals surface area contributed by atoms with Crippen LogP contribution in [0.1, 0.15) is 15.9 Å². The van der Waals surface area contributed by atoms with Crippen molar-refractivity contribution < 1.29 is 49.5 Å². The van der Waals surface area contributed by atoms with Gasteiger partial charge in [0.2, 0.25) is 12.0 Å². The molecule has 170 valence electrons. The topological polar surface area (TPSA) is 197 Å². The molecule has 3 rings (SSSR count). The van der Waals surface area contributed by atoms with Gasteiger partial charge < -0.3 is 35.0 Å². The summed E-state index contributed by atoms with van der Waals surface area (Å²) in [6, 6.07) is 10.3. The van der Waals surface area contributed by atoms with Gasteiger partial charge in [-0.3, -0.25) is 14.9 Å². The van der Waals surface area contributed by atoms with Gasteiger partial charge in [-0.2, -0.15) is 0 Å². The Morgan fingerprint density at radius 3 is 2.31 bits per heavy atom. The van der Waals surface area contributed by atoms with E-state index in [9.17, 15) is 40.1 Å². The van der Waals surface area contributed by atoms with Gasteiger partial charge >= 0.3 is 11.7 Å². The van der Waals surface area contributed by atoms with Crippen LogP contribution in [0.3, 0.4) is 0 Å². The Hall–Kier alpha value is -3.58. The summed E-state index contributed by atoms with van der Waals surface area (Å²) in [5.41, 5.74) is -0.447. The summed E-state index contributed by atoms with van der Waals surface area (Å²) in [6.45, 7) is 0. The standard InChI is InChI=1S/C20H19NO11/c22-12(6-9-4-2-1-3-5-9)10-7-11(21(29)30)14(23)13(8-10)31-20-17(26)15(24)16(25)18(32-20)19(27)28/h1-5,7-8,15-18,20,23-26H,6H2,(H,27,28)/t15-,16-,17+,18-,20+/m0/s1. The first kappa shape index (κ1) is 23.1. The maximum Gasteiger partial charge on any atom is 0.335 e. The number of benzene rings is 2. The minimum atomic E-state index is -1.99. The number of carbonyl (C=O) groups excluding carboxylic acids is 1. The van der Waals surface area contributed by atoms with Crippen LogP contribution in [0.25, 0.3) is 0 Å². The zero-order chi connectivity index (χ0) is 23.6. The lowest BCUT2D eigenvalue weighted by Crippen LogP contribution is -2.61. The summed E-state index contributed by atoms with van der Waals surface area (Å²) in [5, 5.41) is 60.4. The zero-order valence-corrected chi connectivity index (χ0v) is 16.3. The lowest BCUT2D eigenvalue weighted by molar-refractivity contribution is -0.386. The summed E-state index contributed by atoms with van der Waals surface area (Å²) >= 11 is 0. The highest BCUT2D eigenvalue weighted by atomic mass is 16.7. The third kappa shape index (κ3) is 4.68. The molecule has 2 aromatic carbocycles. The molecule has 0 amide bonds. The number of nitro benzene ring substituents is 1. The Kier molecular flexibility index (Phi) is 6.69. The van der Waals surface area contributed by atoms with Crippen LogP contribution in [0.4, 0.5) is 5.69 Å². The third-order valence-corrected chi connectivity index (χ3v) is 4.84. The second kappa shape index (κ2) is 9.28. The molecule has 1 heterocycles. The Labute approximate surface area is 180 Å². The van der Waals surface area contributed by atoms with Gasteiger partial charge in [-0.05, 0) is 11.6 Å². The zero-order valence-electron chi connectivity index (χ0n) is 16.3. The molecule has 1 aliphatic heterocycles. The van der Waals surface area contributed by atoms with E-state index in [0.29, 0.717) is 5.56 Å². The molecule has 1 saturated heterocycles. The quantitative estimate of drug-likeness (QED) is 0.217. The molecule has 0 aromatic heterocycles. The molecule has 1 aliphatic rings. The van der Waals surface area contributed by atoms with Crippen molar-refractivity contribution in [3.8, 4) is 11.5 Å². The molecule has 0 bridgehead atoms. The third-order valence-electron chi connectivity index (χ3n) is 4.84. The van der Waals surface area contributed by atoms with Crippen LogP contribution < -0.4 is 4.74 Å². The first-order chi connectivity index (χ1) is 15.1. The van der Waals surface area contributed by atoms with Crippen LogP contribution in [0, 0.1) is 10.1 Å². The van der Waals surface area contributed by atoms with Crippen LogP contribution >= 0.6 is 0 Å². The van der Waals surface area contributed by atoms with Gasteiger partial charge in [-0.15, -0.1) is 0 Å². The van der Waals surface area contributed by atoms with Crippen molar-refractivity contribution in [3.05, 3.63) is 63.7 Å². The van der Waals surface area contributed by atoms with E-state index in [1.807, 2.05) is 0 Å². The average molecular weight is 449 g/mol. The fourth-order valence-electron chi connectivity index (χ4n) is 3.14. The van der Waals surface area contributed by atoms with Crippen molar-refractivity contribution in [1.29, 1.82) is 0 Å². The summed E-state index contributed by atoms with van der Waals surface area (Å²) in [6.07, 6.45) is -9.98. The van der Waals surface area contributed by atoms with Crippen molar-refractivity contribution in [2.45, 2.75) is 37.1 Å².